The van der Waals surface area contributed by atoms with E-state index in [-0.39, 0.29) is 25.0 Å². The van der Waals surface area contributed by atoms with Crippen molar-refractivity contribution in [3.05, 3.63) is 63.6 Å². The summed E-state index contributed by atoms with van der Waals surface area (Å²) in [5.41, 5.74) is 1.33. The molecule has 2 amide bonds. The molecular weight excluding hydrogens is 435 g/mol. The van der Waals surface area contributed by atoms with Crippen LogP contribution in [0.3, 0.4) is 0 Å². The van der Waals surface area contributed by atoms with Gasteiger partial charge in [-0.2, -0.15) is 0 Å². The standard InChI is InChI=1S/C24H30Cl2N2O3/c1-6-21(23(30)27-24(3,4)5)28(14-17-7-9-18(25)10-8-17)22(29)15-31-19-11-12-20(26)16(2)13-19/h7-13,21H,6,14-15H2,1-5H3,(H,27,30). The van der Waals surface area contributed by atoms with Gasteiger partial charge in [0.1, 0.15) is 11.8 Å². The molecule has 2 aromatic rings. The minimum atomic E-state index is -0.627. The quantitative estimate of drug-likeness (QED) is 0.568. The fourth-order valence-corrected chi connectivity index (χ4v) is 3.34. The van der Waals surface area contributed by atoms with E-state index in [0.717, 1.165) is 11.1 Å². The summed E-state index contributed by atoms with van der Waals surface area (Å²) in [6, 6.07) is 11.8. The summed E-state index contributed by atoms with van der Waals surface area (Å²) in [6.45, 7) is 9.58. The molecule has 1 atom stereocenters. The van der Waals surface area contributed by atoms with Crippen molar-refractivity contribution in [3.8, 4) is 5.75 Å². The molecular formula is C24H30Cl2N2O3. The molecule has 1 N–H and O–H groups in total. The van der Waals surface area contributed by atoms with Crippen LogP contribution in [-0.4, -0.2) is 34.9 Å². The van der Waals surface area contributed by atoms with Gasteiger partial charge in [0, 0.05) is 22.1 Å². The fraction of sp³-hybridized carbons (Fsp3) is 0.417. The lowest BCUT2D eigenvalue weighted by atomic mass is 10.1. The van der Waals surface area contributed by atoms with Gasteiger partial charge in [-0.15, -0.1) is 0 Å². The normalized spacial score (nSPS) is 12.2. The number of carbonyl (C=O) groups is 2. The van der Waals surface area contributed by atoms with E-state index in [9.17, 15) is 9.59 Å². The zero-order chi connectivity index (χ0) is 23.2. The van der Waals surface area contributed by atoms with Crippen molar-refractivity contribution in [1.29, 1.82) is 0 Å². The Bertz CT molecular complexity index is 908. The lowest BCUT2D eigenvalue weighted by Gasteiger charge is -2.33. The van der Waals surface area contributed by atoms with Crippen LogP contribution in [0.1, 0.15) is 45.2 Å². The van der Waals surface area contributed by atoms with Crippen LogP contribution in [0.25, 0.3) is 0 Å². The smallest absolute Gasteiger partial charge is 0.261 e. The molecule has 0 aliphatic heterocycles. The molecule has 2 aromatic carbocycles. The summed E-state index contributed by atoms with van der Waals surface area (Å²) >= 11 is 12.0. The average Bonchev–Trinajstić information content (AvgIpc) is 2.68. The van der Waals surface area contributed by atoms with Crippen LogP contribution in [-0.2, 0) is 16.1 Å². The van der Waals surface area contributed by atoms with Crippen LogP contribution in [0.15, 0.2) is 42.5 Å². The van der Waals surface area contributed by atoms with E-state index in [1.807, 2.05) is 46.8 Å². The Morgan fingerprint density at radius 2 is 1.74 bits per heavy atom. The summed E-state index contributed by atoms with van der Waals surface area (Å²) in [7, 11) is 0. The molecule has 0 saturated carbocycles. The molecule has 2 rings (SSSR count). The molecule has 0 aliphatic carbocycles. The van der Waals surface area contributed by atoms with Crippen molar-refractivity contribution >= 4 is 35.0 Å². The maximum Gasteiger partial charge on any atom is 0.261 e. The Morgan fingerprint density at radius 3 is 2.29 bits per heavy atom. The minimum Gasteiger partial charge on any atom is -0.484 e. The molecule has 0 fully saturated rings. The highest BCUT2D eigenvalue weighted by Gasteiger charge is 2.30. The van der Waals surface area contributed by atoms with Crippen LogP contribution < -0.4 is 10.1 Å². The lowest BCUT2D eigenvalue weighted by Crippen LogP contribution is -2.54. The first-order valence-corrected chi connectivity index (χ1v) is 11.0. The van der Waals surface area contributed by atoms with Crippen molar-refractivity contribution in [3.63, 3.8) is 0 Å². The van der Waals surface area contributed by atoms with Crippen molar-refractivity contribution in [1.82, 2.24) is 10.2 Å². The van der Waals surface area contributed by atoms with Gasteiger partial charge in [0.05, 0.1) is 0 Å². The number of benzene rings is 2. The van der Waals surface area contributed by atoms with Gasteiger partial charge >= 0.3 is 0 Å². The lowest BCUT2D eigenvalue weighted by molar-refractivity contribution is -0.143. The Morgan fingerprint density at radius 1 is 1.10 bits per heavy atom. The van der Waals surface area contributed by atoms with E-state index in [2.05, 4.69) is 5.32 Å². The summed E-state index contributed by atoms with van der Waals surface area (Å²) in [5, 5.41) is 4.22. The summed E-state index contributed by atoms with van der Waals surface area (Å²) in [5.74, 6) is 0.0759. The first-order valence-electron chi connectivity index (χ1n) is 10.2. The van der Waals surface area contributed by atoms with Gasteiger partial charge in [-0.3, -0.25) is 9.59 Å². The van der Waals surface area contributed by atoms with Gasteiger partial charge in [-0.05, 0) is 75.6 Å². The van der Waals surface area contributed by atoms with Gasteiger partial charge in [-0.25, -0.2) is 0 Å². The van der Waals surface area contributed by atoms with E-state index in [0.29, 0.717) is 22.2 Å². The van der Waals surface area contributed by atoms with Crippen molar-refractivity contribution in [2.75, 3.05) is 6.61 Å². The van der Waals surface area contributed by atoms with Crippen LogP contribution in [0.4, 0.5) is 0 Å². The first-order chi connectivity index (χ1) is 14.5. The number of nitrogens with zero attached hydrogens (tertiary/aromatic N) is 1. The number of hydrogen-bond acceptors (Lipinski definition) is 3. The van der Waals surface area contributed by atoms with Crippen LogP contribution >= 0.6 is 23.2 Å². The molecule has 0 saturated heterocycles. The van der Waals surface area contributed by atoms with Gasteiger partial charge in [-0.1, -0.05) is 42.3 Å². The third kappa shape index (κ3) is 7.75. The van der Waals surface area contributed by atoms with E-state index < -0.39 is 11.6 Å². The second-order valence-corrected chi connectivity index (χ2v) is 9.35. The maximum atomic E-state index is 13.2. The second kappa shape index (κ2) is 10.9. The number of halogens is 2. The minimum absolute atomic E-state index is 0.187. The first kappa shape index (κ1) is 25.0. The summed E-state index contributed by atoms with van der Waals surface area (Å²) in [6.07, 6.45) is 0.474. The molecule has 0 spiro atoms. The third-order valence-electron chi connectivity index (χ3n) is 4.64. The average molecular weight is 465 g/mol. The monoisotopic (exact) mass is 464 g/mol. The molecule has 0 aromatic heterocycles. The third-order valence-corrected chi connectivity index (χ3v) is 5.32. The topological polar surface area (TPSA) is 58.6 Å². The SMILES string of the molecule is CCC(C(=O)NC(C)(C)C)N(Cc1ccc(Cl)cc1)C(=O)COc1ccc(Cl)c(C)c1. The fourth-order valence-electron chi connectivity index (χ4n) is 3.09. The van der Waals surface area contributed by atoms with Gasteiger partial charge in [0.2, 0.25) is 5.91 Å². The Hall–Kier alpha value is -2.24. The molecule has 168 valence electrons. The predicted octanol–water partition coefficient (Wildman–Crippen LogP) is 5.40. The van der Waals surface area contributed by atoms with E-state index in [4.69, 9.17) is 27.9 Å². The van der Waals surface area contributed by atoms with Crippen molar-refractivity contribution < 1.29 is 14.3 Å². The van der Waals surface area contributed by atoms with Gasteiger partial charge < -0.3 is 15.0 Å². The number of carbonyl (C=O) groups excluding carboxylic acids is 2. The number of aryl methyl sites for hydroxylation is 1. The Balaban J connectivity index is 2.23. The van der Waals surface area contributed by atoms with Gasteiger partial charge in [0.25, 0.3) is 5.91 Å². The van der Waals surface area contributed by atoms with Crippen LogP contribution in [0.5, 0.6) is 5.75 Å². The molecule has 5 nitrogen and oxygen atoms in total. The largest absolute Gasteiger partial charge is 0.484 e. The number of nitrogens with one attached hydrogen (secondary N) is 1. The Labute approximate surface area is 194 Å². The molecule has 31 heavy (non-hydrogen) atoms. The summed E-state index contributed by atoms with van der Waals surface area (Å²) < 4.78 is 5.71. The molecule has 0 bridgehead atoms. The number of hydrogen-bond donors (Lipinski definition) is 1. The van der Waals surface area contributed by atoms with Crippen LogP contribution in [0, 0.1) is 6.92 Å². The zero-order valence-corrected chi connectivity index (χ0v) is 20.2. The highest BCUT2D eigenvalue weighted by Crippen LogP contribution is 2.22. The molecule has 1 unspecified atom stereocenters. The maximum absolute atomic E-state index is 13.2. The second-order valence-electron chi connectivity index (χ2n) is 8.51. The summed E-state index contributed by atoms with van der Waals surface area (Å²) in [4.78, 5) is 27.7. The van der Waals surface area contributed by atoms with Crippen LogP contribution in [0.2, 0.25) is 10.0 Å². The molecule has 0 heterocycles. The molecule has 0 radical (unpaired) electrons. The van der Waals surface area contributed by atoms with E-state index in [1.54, 1.807) is 35.2 Å². The van der Waals surface area contributed by atoms with Crippen molar-refractivity contribution in [2.45, 2.75) is 59.2 Å². The van der Waals surface area contributed by atoms with E-state index >= 15 is 0 Å². The number of ether oxygens (including phenoxy) is 1. The highest BCUT2D eigenvalue weighted by molar-refractivity contribution is 6.31. The van der Waals surface area contributed by atoms with Gasteiger partial charge in [0.15, 0.2) is 6.61 Å². The van der Waals surface area contributed by atoms with E-state index in [1.165, 1.54) is 0 Å². The molecule has 0 aliphatic rings. The Kier molecular flexibility index (Phi) is 8.78. The molecule has 7 heteroatoms. The number of rotatable bonds is 8. The number of amides is 2. The predicted molar refractivity (Wildman–Crippen MR) is 126 cm³/mol. The highest BCUT2D eigenvalue weighted by atomic mass is 35.5. The zero-order valence-electron chi connectivity index (χ0n) is 18.7. The van der Waals surface area contributed by atoms with Crippen molar-refractivity contribution in [2.24, 2.45) is 0 Å².